The van der Waals surface area contributed by atoms with Crippen molar-refractivity contribution in [1.29, 1.82) is 0 Å². The van der Waals surface area contributed by atoms with Gasteiger partial charge in [-0.15, -0.1) is 15.3 Å². The van der Waals surface area contributed by atoms with E-state index in [-0.39, 0.29) is 29.9 Å². The summed E-state index contributed by atoms with van der Waals surface area (Å²) in [5, 5.41) is 17.8. The number of methoxy groups -OCH3 is 1. The molecule has 11 nitrogen and oxygen atoms in total. The first-order valence-corrected chi connectivity index (χ1v) is 10.8. The Balaban J connectivity index is 1.25. The maximum absolute atomic E-state index is 12.4. The van der Waals surface area contributed by atoms with E-state index in [0.717, 1.165) is 5.56 Å². The first-order chi connectivity index (χ1) is 15.0. The van der Waals surface area contributed by atoms with E-state index >= 15 is 0 Å². The zero-order valence-electron chi connectivity index (χ0n) is 16.6. The van der Waals surface area contributed by atoms with Crippen LogP contribution < -0.4 is 24.8 Å². The van der Waals surface area contributed by atoms with Crippen molar-refractivity contribution in [3.8, 4) is 17.4 Å². The quantitative estimate of drug-likeness (QED) is 0.379. The maximum atomic E-state index is 12.4. The normalized spacial score (nSPS) is 11.9. The molecule has 2 aromatic heterocycles. The second-order valence-electron chi connectivity index (χ2n) is 6.31. The van der Waals surface area contributed by atoms with Crippen molar-refractivity contribution in [1.82, 2.24) is 25.3 Å². The van der Waals surface area contributed by atoms with Gasteiger partial charge in [-0.1, -0.05) is 29.2 Å². The van der Waals surface area contributed by atoms with Gasteiger partial charge in [0, 0.05) is 19.8 Å². The number of hydrogen-bond acceptors (Lipinski definition) is 10. The molecule has 4 rings (SSSR count). The molecule has 0 bridgehead atoms. The second kappa shape index (κ2) is 9.22. The topological polar surface area (TPSA) is 129 Å². The minimum atomic E-state index is -0.404. The van der Waals surface area contributed by atoms with Crippen LogP contribution >= 0.6 is 23.1 Å². The van der Waals surface area contributed by atoms with Gasteiger partial charge < -0.3 is 19.5 Å². The molecule has 1 aliphatic rings. The first kappa shape index (κ1) is 20.9. The Labute approximate surface area is 185 Å². The Hall–Kier alpha value is -3.32. The number of rotatable bonds is 8. The van der Waals surface area contributed by atoms with E-state index in [2.05, 4.69) is 25.9 Å². The van der Waals surface area contributed by atoms with E-state index in [1.807, 2.05) is 18.2 Å². The minimum Gasteiger partial charge on any atom is -0.479 e. The summed E-state index contributed by atoms with van der Waals surface area (Å²) in [5.41, 5.74) is 1.20. The molecule has 0 aliphatic carbocycles. The van der Waals surface area contributed by atoms with Gasteiger partial charge in [0.1, 0.15) is 5.56 Å². The molecule has 1 aromatic carbocycles. The molecule has 3 aromatic rings. The molecule has 3 heterocycles. The van der Waals surface area contributed by atoms with Gasteiger partial charge in [0.15, 0.2) is 15.8 Å². The lowest BCUT2D eigenvalue weighted by Gasteiger charge is -2.05. The number of anilines is 1. The molecule has 31 heavy (non-hydrogen) atoms. The third-order valence-corrected chi connectivity index (χ3v) is 6.09. The lowest BCUT2D eigenvalue weighted by atomic mass is 10.2. The number of hydrogen-bond donors (Lipinski definition) is 2. The van der Waals surface area contributed by atoms with Crippen LogP contribution in [0.5, 0.6) is 17.4 Å². The second-order valence-corrected chi connectivity index (χ2v) is 8.51. The Morgan fingerprint density at radius 2 is 2.13 bits per heavy atom. The fourth-order valence-electron chi connectivity index (χ4n) is 2.69. The number of thioether (sulfide) groups is 1. The fraction of sp³-hybridized carbons (Fsp3) is 0.278. The third kappa shape index (κ3) is 5.06. The predicted molar refractivity (Wildman–Crippen MR) is 113 cm³/mol. The van der Waals surface area contributed by atoms with Gasteiger partial charge in [-0.25, -0.2) is 0 Å². The Bertz CT molecular complexity index is 1110. The molecule has 0 spiro atoms. The van der Waals surface area contributed by atoms with E-state index < -0.39 is 5.91 Å². The highest BCUT2D eigenvalue weighted by Gasteiger charge is 2.18. The number of nitrogens with one attached hydrogen (secondary N) is 2. The summed E-state index contributed by atoms with van der Waals surface area (Å²) in [7, 11) is 3.13. The summed E-state index contributed by atoms with van der Waals surface area (Å²) < 4.78 is 17.7. The van der Waals surface area contributed by atoms with Crippen LogP contribution in [0.25, 0.3) is 0 Å². The van der Waals surface area contributed by atoms with Gasteiger partial charge in [0.25, 0.3) is 5.91 Å². The number of aryl methyl sites for hydroxylation is 1. The maximum Gasteiger partial charge on any atom is 0.264 e. The van der Waals surface area contributed by atoms with Crippen molar-refractivity contribution >= 4 is 40.0 Å². The molecular formula is C18H18N6O5S2. The lowest BCUT2D eigenvalue weighted by molar-refractivity contribution is -0.118. The van der Waals surface area contributed by atoms with Gasteiger partial charge >= 0.3 is 0 Å². The van der Waals surface area contributed by atoms with Crippen molar-refractivity contribution in [3.63, 3.8) is 0 Å². The van der Waals surface area contributed by atoms with E-state index in [1.54, 1.807) is 13.2 Å². The molecule has 162 valence electrons. The van der Waals surface area contributed by atoms with E-state index in [1.165, 1.54) is 34.9 Å². The molecule has 0 unspecified atom stereocenters. The average Bonchev–Trinajstić information content (AvgIpc) is 3.49. The van der Waals surface area contributed by atoms with Crippen LogP contribution in [0, 0.1) is 0 Å². The monoisotopic (exact) mass is 462 g/mol. The molecular weight excluding hydrogens is 444 g/mol. The number of ether oxygens (including phenoxy) is 3. The number of carbonyl (C=O) groups is 2. The van der Waals surface area contributed by atoms with Crippen LogP contribution in [0.4, 0.5) is 5.13 Å². The van der Waals surface area contributed by atoms with Crippen molar-refractivity contribution < 1.29 is 23.8 Å². The lowest BCUT2D eigenvalue weighted by Crippen LogP contribution is -2.24. The van der Waals surface area contributed by atoms with Crippen LogP contribution in [0.1, 0.15) is 15.9 Å². The number of amides is 2. The van der Waals surface area contributed by atoms with Gasteiger partial charge in [-0.3, -0.25) is 19.6 Å². The van der Waals surface area contributed by atoms with Gasteiger partial charge in [-0.2, -0.15) is 0 Å². The number of nitrogens with zero attached hydrogens (tertiary/aromatic N) is 4. The molecule has 0 saturated carbocycles. The standard InChI is InChI=1S/C18H18N6O5S2/c1-24-7-11(16(23-24)27-2)15(26)20-17-21-22-18(31-17)30-8-14(25)19-6-10-3-4-12-13(5-10)29-9-28-12/h3-5,7H,6,8-9H2,1-2H3,(H,19,25)(H,20,21,26). The fourth-order valence-corrected chi connectivity index (χ4v) is 4.26. The average molecular weight is 463 g/mol. The molecule has 13 heteroatoms. The van der Waals surface area contributed by atoms with Crippen molar-refractivity contribution in [2.24, 2.45) is 7.05 Å². The largest absolute Gasteiger partial charge is 0.479 e. The smallest absolute Gasteiger partial charge is 0.264 e. The Morgan fingerprint density at radius 3 is 2.97 bits per heavy atom. The summed E-state index contributed by atoms with van der Waals surface area (Å²) in [6, 6.07) is 5.53. The van der Waals surface area contributed by atoms with Crippen LogP contribution in [-0.4, -0.2) is 51.4 Å². The molecule has 2 N–H and O–H groups in total. The highest BCUT2D eigenvalue weighted by molar-refractivity contribution is 8.01. The van der Waals surface area contributed by atoms with E-state index in [9.17, 15) is 9.59 Å². The molecule has 0 atom stereocenters. The molecule has 0 saturated heterocycles. The summed E-state index contributed by atoms with van der Waals surface area (Å²) in [4.78, 5) is 24.5. The number of carbonyl (C=O) groups excluding carboxylic acids is 2. The minimum absolute atomic E-state index is 0.149. The molecule has 0 fully saturated rings. The summed E-state index contributed by atoms with van der Waals surface area (Å²) in [5.74, 6) is 1.21. The van der Waals surface area contributed by atoms with Crippen molar-refractivity contribution in [2.75, 3.05) is 25.0 Å². The summed E-state index contributed by atoms with van der Waals surface area (Å²) >= 11 is 2.41. The Morgan fingerprint density at radius 1 is 1.29 bits per heavy atom. The highest BCUT2D eigenvalue weighted by Crippen LogP contribution is 2.32. The molecule has 2 amide bonds. The SMILES string of the molecule is COc1nn(C)cc1C(=O)Nc1nnc(SCC(=O)NCc2ccc3c(c2)OCO3)s1. The third-order valence-electron chi connectivity index (χ3n) is 4.11. The highest BCUT2D eigenvalue weighted by atomic mass is 32.2. The summed E-state index contributed by atoms with van der Waals surface area (Å²) in [6.07, 6.45) is 1.55. The van der Waals surface area contributed by atoms with Crippen LogP contribution in [0.3, 0.4) is 0 Å². The number of aromatic nitrogens is 4. The van der Waals surface area contributed by atoms with Crippen LogP contribution in [0.15, 0.2) is 28.7 Å². The van der Waals surface area contributed by atoms with Crippen LogP contribution in [0.2, 0.25) is 0 Å². The molecule has 1 aliphatic heterocycles. The zero-order valence-corrected chi connectivity index (χ0v) is 18.2. The Kier molecular flexibility index (Phi) is 6.23. The number of fused-ring (bicyclic) bond motifs is 1. The van der Waals surface area contributed by atoms with Crippen molar-refractivity contribution in [2.45, 2.75) is 10.9 Å². The van der Waals surface area contributed by atoms with Gasteiger partial charge in [0.2, 0.25) is 23.7 Å². The van der Waals surface area contributed by atoms with E-state index in [0.29, 0.717) is 27.5 Å². The first-order valence-electron chi connectivity index (χ1n) is 9.02. The van der Waals surface area contributed by atoms with E-state index in [4.69, 9.17) is 14.2 Å². The van der Waals surface area contributed by atoms with Gasteiger partial charge in [-0.05, 0) is 17.7 Å². The summed E-state index contributed by atoms with van der Waals surface area (Å²) in [6.45, 7) is 0.586. The van der Waals surface area contributed by atoms with Crippen LogP contribution in [-0.2, 0) is 18.4 Å². The van der Waals surface area contributed by atoms with Crippen molar-refractivity contribution in [3.05, 3.63) is 35.5 Å². The zero-order chi connectivity index (χ0) is 21.8. The predicted octanol–water partition coefficient (Wildman–Crippen LogP) is 1.67. The van der Waals surface area contributed by atoms with Gasteiger partial charge in [0.05, 0.1) is 12.9 Å². The molecule has 0 radical (unpaired) electrons. The number of benzene rings is 1.